The third kappa shape index (κ3) is 7.75. The van der Waals surface area contributed by atoms with Crippen molar-refractivity contribution in [3.8, 4) is 0 Å². The van der Waals surface area contributed by atoms with Gasteiger partial charge in [-0.1, -0.05) is 57.6 Å². The lowest BCUT2D eigenvalue weighted by Gasteiger charge is -2.35. The van der Waals surface area contributed by atoms with Crippen molar-refractivity contribution in [1.29, 1.82) is 0 Å². The molecule has 1 heterocycles. The first kappa shape index (κ1) is 24.5. The second-order valence-corrected chi connectivity index (χ2v) is 8.97. The zero-order valence-corrected chi connectivity index (χ0v) is 19.7. The Morgan fingerprint density at radius 2 is 1.90 bits per heavy atom. The summed E-state index contributed by atoms with van der Waals surface area (Å²) < 4.78 is 27.6. The van der Waals surface area contributed by atoms with E-state index in [9.17, 15) is 8.78 Å². The smallest absolute Gasteiger partial charge is 0.285 e. The maximum absolute atomic E-state index is 13.8. The maximum Gasteiger partial charge on any atom is 0.285 e. The van der Waals surface area contributed by atoms with Crippen LogP contribution in [0.5, 0.6) is 0 Å². The number of halogens is 3. The third-order valence-corrected chi connectivity index (χ3v) is 6.41. The van der Waals surface area contributed by atoms with Gasteiger partial charge in [-0.3, -0.25) is 4.90 Å². The molecule has 0 amide bonds. The molecule has 1 aromatic rings. The molecule has 29 heavy (non-hydrogen) atoms. The lowest BCUT2D eigenvalue weighted by atomic mass is 9.91. The molecule has 0 radical (unpaired) electrons. The van der Waals surface area contributed by atoms with Crippen molar-refractivity contribution in [2.45, 2.75) is 45.2 Å². The van der Waals surface area contributed by atoms with Crippen LogP contribution in [0.1, 0.15) is 50.7 Å². The van der Waals surface area contributed by atoms with Gasteiger partial charge >= 0.3 is 0 Å². The number of benzene rings is 1. The van der Waals surface area contributed by atoms with Gasteiger partial charge in [-0.2, -0.15) is 8.78 Å². The van der Waals surface area contributed by atoms with Gasteiger partial charge in [-0.05, 0) is 56.8 Å². The first-order valence-electron chi connectivity index (χ1n) is 10.4. The van der Waals surface area contributed by atoms with Crippen LogP contribution in [-0.4, -0.2) is 49.1 Å². The number of alkyl halides is 2. The highest BCUT2D eigenvalue weighted by Crippen LogP contribution is 2.40. The van der Waals surface area contributed by atoms with Crippen LogP contribution in [0.4, 0.5) is 8.78 Å². The topological polar surface area (TPSA) is 6.48 Å². The summed E-state index contributed by atoms with van der Waals surface area (Å²) in [6.07, 6.45) is 8.43. The Balaban J connectivity index is 1.86. The molecule has 2 unspecified atom stereocenters. The molecule has 0 spiro atoms. The molecule has 1 saturated heterocycles. The van der Waals surface area contributed by atoms with Crippen molar-refractivity contribution in [3.63, 3.8) is 0 Å². The summed E-state index contributed by atoms with van der Waals surface area (Å²) in [5, 5.41) is 0.124. The summed E-state index contributed by atoms with van der Waals surface area (Å²) in [5.41, 5.74) is -0.854. The molecule has 0 aliphatic carbocycles. The number of piperazine rings is 1. The molecule has 1 aromatic carbocycles. The van der Waals surface area contributed by atoms with Crippen LogP contribution in [0.3, 0.4) is 0 Å². The minimum atomic E-state index is -3.00. The van der Waals surface area contributed by atoms with Crippen LogP contribution in [0.25, 0.3) is 0 Å². The summed E-state index contributed by atoms with van der Waals surface area (Å²) >= 11 is 5.99. The first-order valence-corrected chi connectivity index (χ1v) is 11.4. The number of nitrogens with zero attached hydrogens (tertiary/aromatic N) is 2. The Kier molecular flexibility index (Phi) is 9.75. The van der Waals surface area contributed by atoms with E-state index in [1.165, 1.54) is 5.57 Å². The van der Waals surface area contributed by atoms with Crippen LogP contribution >= 0.6 is 20.8 Å². The Bertz CT molecular complexity index is 707. The summed E-state index contributed by atoms with van der Waals surface area (Å²) in [6, 6.07) is 5.09. The van der Waals surface area contributed by atoms with Gasteiger partial charge in [0.05, 0.1) is 5.02 Å². The van der Waals surface area contributed by atoms with E-state index in [2.05, 4.69) is 48.8 Å². The molecule has 0 saturated carbocycles. The van der Waals surface area contributed by atoms with Crippen LogP contribution in [0.2, 0.25) is 5.02 Å². The molecular weight excluding hydrogens is 409 g/mol. The molecule has 0 N–H and O–H groups in total. The average molecular weight is 443 g/mol. The van der Waals surface area contributed by atoms with Crippen molar-refractivity contribution in [2.24, 2.45) is 0 Å². The lowest BCUT2D eigenvalue weighted by Crippen LogP contribution is -2.46. The van der Waals surface area contributed by atoms with E-state index in [0.717, 1.165) is 57.7 Å². The van der Waals surface area contributed by atoms with Crippen molar-refractivity contribution in [2.75, 3.05) is 39.3 Å². The Morgan fingerprint density at radius 3 is 2.48 bits per heavy atom. The minimum Gasteiger partial charge on any atom is -0.301 e. The molecule has 6 heteroatoms. The molecule has 1 fully saturated rings. The molecule has 1 aliphatic heterocycles. The normalized spacial score (nSPS) is 18.5. The summed E-state index contributed by atoms with van der Waals surface area (Å²) in [4.78, 5) is 4.96. The molecule has 2 nitrogen and oxygen atoms in total. The fourth-order valence-electron chi connectivity index (χ4n) is 3.68. The fourth-order valence-corrected chi connectivity index (χ4v) is 4.25. The second-order valence-electron chi connectivity index (χ2n) is 7.83. The van der Waals surface area contributed by atoms with Crippen LogP contribution in [0.15, 0.2) is 42.0 Å². The fraction of sp³-hybridized carbons (Fsp3) is 0.565. The van der Waals surface area contributed by atoms with Gasteiger partial charge in [0.25, 0.3) is 5.66 Å². The minimum absolute atomic E-state index is 0.102. The molecule has 0 bridgehead atoms. The van der Waals surface area contributed by atoms with Crippen LogP contribution < -0.4 is 0 Å². The quantitative estimate of drug-likeness (QED) is 0.327. The van der Waals surface area contributed by atoms with Gasteiger partial charge in [0.2, 0.25) is 0 Å². The molecule has 2 rings (SSSR count). The van der Waals surface area contributed by atoms with Gasteiger partial charge in [0, 0.05) is 38.3 Å². The SMILES string of the molecule is C/C=C(C)\C=C/CN1CCN(CCC(CC)c2ccc(Cl)c(C(F)(F)P)c2)CC1. The average Bonchev–Trinajstić information content (AvgIpc) is 2.69. The first-order chi connectivity index (χ1) is 13.7. The van der Waals surface area contributed by atoms with E-state index in [0.29, 0.717) is 0 Å². The highest BCUT2D eigenvalue weighted by Gasteiger charge is 2.28. The van der Waals surface area contributed by atoms with E-state index in [4.69, 9.17) is 11.6 Å². The van der Waals surface area contributed by atoms with Crippen molar-refractivity contribution in [3.05, 3.63) is 58.1 Å². The van der Waals surface area contributed by atoms with E-state index >= 15 is 0 Å². The standard InChI is InChI=1S/C23H34ClF2N2P/c1-4-18(3)7-6-11-27-13-15-28(16-14-27)12-10-19(5-2)20-8-9-22(24)21(17-20)23(25,26)29/h4,6-9,17,19H,5,10-16,29H2,1-3H3/b7-6-,18-4-. The predicted octanol–water partition coefficient (Wildman–Crippen LogP) is 6.29. The Labute approximate surface area is 182 Å². The highest BCUT2D eigenvalue weighted by molar-refractivity contribution is 7.17. The largest absolute Gasteiger partial charge is 0.301 e. The predicted molar refractivity (Wildman–Crippen MR) is 124 cm³/mol. The monoisotopic (exact) mass is 442 g/mol. The van der Waals surface area contributed by atoms with E-state index in [-0.39, 0.29) is 16.5 Å². The molecule has 162 valence electrons. The second kappa shape index (κ2) is 11.6. The number of hydrogen-bond donors (Lipinski definition) is 0. The maximum atomic E-state index is 13.8. The van der Waals surface area contributed by atoms with Gasteiger partial charge in [-0.15, -0.1) is 0 Å². The molecule has 1 aliphatic rings. The Morgan fingerprint density at radius 1 is 1.24 bits per heavy atom. The van der Waals surface area contributed by atoms with E-state index in [1.54, 1.807) is 21.4 Å². The molecular formula is C23H34ClF2N2P. The van der Waals surface area contributed by atoms with Crippen molar-refractivity contribution >= 4 is 20.8 Å². The molecule has 0 aromatic heterocycles. The third-order valence-electron chi connectivity index (χ3n) is 5.77. The Hall–Kier alpha value is -0.800. The summed E-state index contributed by atoms with van der Waals surface area (Å²) in [6.45, 7) is 12.5. The van der Waals surface area contributed by atoms with Crippen molar-refractivity contribution in [1.82, 2.24) is 9.80 Å². The summed E-state index contributed by atoms with van der Waals surface area (Å²) in [7, 11) is 1.59. The molecule has 2 atom stereocenters. The van der Waals surface area contributed by atoms with Crippen molar-refractivity contribution < 1.29 is 8.78 Å². The van der Waals surface area contributed by atoms with Gasteiger partial charge < -0.3 is 4.90 Å². The van der Waals surface area contributed by atoms with E-state index in [1.807, 2.05) is 6.07 Å². The number of hydrogen-bond acceptors (Lipinski definition) is 2. The van der Waals surface area contributed by atoms with Gasteiger partial charge in [0.1, 0.15) is 0 Å². The summed E-state index contributed by atoms with van der Waals surface area (Å²) in [5.74, 6) is 0.267. The zero-order valence-electron chi connectivity index (χ0n) is 17.8. The van der Waals surface area contributed by atoms with Gasteiger partial charge in [-0.25, -0.2) is 0 Å². The zero-order chi connectivity index (χ0) is 21.4. The van der Waals surface area contributed by atoms with Gasteiger partial charge in [0.15, 0.2) is 0 Å². The van der Waals surface area contributed by atoms with E-state index < -0.39 is 5.66 Å². The lowest BCUT2D eigenvalue weighted by molar-refractivity contribution is 0.104. The van der Waals surface area contributed by atoms with Crippen LogP contribution in [0, 0.1) is 0 Å². The highest BCUT2D eigenvalue weighted by atomic mass is 35.5. The van der Waals surface area contributed by atoms with Crippen LogP contribution in [-0.2, 0) is 5.66 Å². The number of allylic oxidation sites excluding steroid dienone is 3. The number of rotatable bonds is 9.